The number of fused-ring (bicyclic) bond motifs is 1. The first-order valence-corrected chi connectivity index (χ1v) is 11.0. The standard InChI is InChI=1S/C19H27N3O3S2/c1-22(2)17-9-5-8-16-15(17)7-6-10-18(16)27(24,25)21-13-4-3-12-20-19(23)11-14-26/h5-10,21,26H,3-4,11-14H2,1-2H3,(H,20,23). The van der Waals surface area contributed by atoms with E-state index >= 15 is 0 Å². The van der Waals surface area contributed by atoms with Gasteiger partial charge in [-0.05, 0) is 30.7 Å². The van der Waals surface area contributed by atoms with Crippen LogP contribution in [0.25, 0.3) is 10.8 Å². The van der Waals surface area contributed by atoms with Gasteiger partial charge in [-0.3, -0.25) is 4.79 Å². The van der Waals surface area contributed by atoms with Gasteiger partial charge >= 0.3 is 0 Å². The lowest BCUT2D eigenvalue weighted by atomic mass is 10.1. The number of benzene rings is 2. The van der Waals surface area contributed by atoms with Gasteiger partial charge in [0.2, 0.25) is 15.9 Å². The molecule has 2 N–H and O–H groups in total. The Morgan fingerprint density at radius 3 is 2.41 bits per heavy atom. The number of nitrogens with one attached hydrogen (secondary N) is 2. The summed E-state index contributed by atoms with van der Waals surface area (Å²) in [7, 11) is 0.260. The van der Waals surface area contributed by atoms with Gasteiger partial charge in [0.1, 0.15) is 0 Å². The molecule has 0 aliphatic rings. The third kappa shape index (κ3) is 5.85. The Hall–Kier alpha value is -1.77. The van der Waals surface area contributed by atoms with E-state index in [9.17, 15) is 13.2 Å². The van der Waals surface area contributed by atoms with Crippen LogP contribution in [0.1, 0.15) is 19.3 Å². The maximum atomic E-state index is 12.8. The molecule has 0 spiro atoms. The predicted molar refractivity (Wildman–Crippen MR) is 114 cm³/mol. The number of nitrogens with zero attached hydrogens (tertiary/aromatic N) is 1. The van der Waals surface area contributed by atoms with E-state index in [4.69, 9.17) is 0 Å². The lowest BCUT2D eigenvalue weighted by molar-refractivity contribution is -0.120. The monoisotopic (exact) mass is 409 g/mol. The first-order chi connectivity index (χ1) is 12.9. The highest BCUT2D eigenvalue weighted by molar-refractivity contribution is 7.89. The van der Waals surface area contributed by atoms with Crippen LogP contribution in [-0.4, -0.2) is 47.3 Å². The summed E-state index contributed by atoms with van der Waals surface area (Å²) in [6.45, 7) is 0.864. The summed E-state index contributed by atoms with van der Waals surface area (Å²) < 4.78 is 28.2. The minimum absolute atomic E-state index is 0.0296. The molecule has 0 aliphatic carbocycles. The van der Waals surface area contributed by atoms with Crippen LogP contribution in [0.3, 0.4) is 0 Å². The van der Waals surface area contributed by atoms with Crippen molar-refractivity contribution >= 4 is 45.0 Å². The highest BCUT2D eigenvalue weighted by Crippen LogP contribution is 2.30. The normalized spacial score (nSPS) is 11.5. The van der Waals surface area contributed by atoms with Gasteiger partial charge in [-0.2, -0.15) is 12.6 Å². The number of unbranched alkanes of at least 4 members (excludes halogenated alkanes) is 1. The highest BCUT2D eigenvalue weighted by atomic mass is 32.2. The Balaban J connectivity index is 2.01. The molecule has 27 heavy (non-hydrogen) atoms. The Kier molecular flexibility index (Phi) is 7.94. The largest absolute Gasteiger partial charge is 0.377 e. The maximum absolute atomic E-state index is 12.8. The van der Waals surface area contributed by atoms with E-state index in [1.165, 1.54) is 0 Å². The second-order valence-electron chi connectivity index (χ2n) is 6.45. The Morgan fingerprint density at radius 2 is 1.70 bits per heavy atom. The van der Waals surface area contributed by atoms with E-state index in [-0.39, 0.29) is 10.8 Å². The van der Waals surface area contributed by atoms with Gasteiger partial charge in [0.05, 0.1) is 4.90 Å². The quantitative estimate of drug-likeness (QED) is 0.416. The Morgan fingerprint density at radius 1 is 1.04 bits per heavy atom. The fraction of sp³-hybridized carbons (Fsp3) is 0.421. The number of carbonyl (C=O) groups is 1. The van der Waals surface area contributed by atoms with E-state index < -0.39 is 10.0 Å². The van der Waals surface area contributed by atoms with Gasteiger partial charge in [-0.25, -0.2) is 13.1 Å². The minimum atomic E-state index is -3.61. The van der Waals surface area contributed by atoms with Crippen LogP contribution in [0.5, 0.6) is 0 Å². The second kappa shape index (κ2) is 9.96. The number of carbonyl (C=O) groups excluding carboxylic acids is 1. The smallest absolute Gasteiger partial charge is 0.241 e. The molecule has 0 saturated carbocycles. The maximum Gasteiger partial charge on any atom is 0.241 e. The number of anilines is 1. The van der Waals surface area contributed by atoms with Crippen LogP contribution in [0.4, 0.5) is 5.69 Å². The van der Waals surface area contributed by atoms with Gasteiger partial charge in [0, 0.05) is 50.1 Å². The zero-order chi connectivity index (χ0) is 19.9. The molecule has 6 nitrogen and oxygen atoms in total. The molecule has 0 aromatic heterocycles. The highest BCUT2D eigenvalue weighted by Gasteiger charge is 2.17. The molecule has 1 amide bonds. The number of amides is 1. The molecule has 0 bridgehead atoms. The molecule has 0 unspecified atom stereocenters. The fourth-order valence-corrected chi connectivity index (χ4v) is 4.34. The third-order valence-electron chi connectivity index (χ3n) is 4.19. The zero-order valence-electron chi connectivity index (χ0n) is 15.7. The van der Waals surface area contributed by atoms with Crippen molar-refractivity contribution in [1.82, 2.24) is 10.0 Å². The van der Waals surface area contributed by atoms with Gasteiger partial charge in [-0.15, -0.1) is 0 Å². The van der Waals surface area contributed by atoms with Crippen molar-refractivity contribution in [3.63, 3.8) is 0 Å². The predicted octanol–water partition coefficient (Wildman–Crippen LogP) is 2.40. The number of sulfonamides is 1. The first-order valence-electron chi connectivity index (χ1n) is 8.93. The number of thiol groups is 1. The Bertz CT molecular complexity index is 883. The second-order valence-corrected chi connectivity index (χ2v) is 8.63. The molecule has 0 aliphatic heterocycles. The van der Waals surface area contributed by atoms with Gasteiger partial charge in [-0.1, -0.05) is 24.3 Å². The average molecular weight is 410 g/mol. The molecule has 2 aromatic rings. The van der Waals surface area contributed by atoms with Crippen molar-refractivity contribution < 1.29 is 13.2 Å². The lowest BCUT2D eigenvalue weighted by Gasteiger charge is -2.17. The number of rotatable bonds is 10. The topological polar surface area (TPSA) is 78.5 Å². The van der Waals surface area contributed by atoms with Crippen LogP contribution >= 0.6 is 12.6 Å². The van der Waals surface area contributed by atoms with Gasteiger partial charge in [0.25, 0.3) is 0 Å². The van der Waals surface area contributed by atoms with E-state index in [1.807, 2.05) is 43.3 Å². The van der Waals surface area contributed by atoms with E-state index in [0.29, 0.717) is 43.5 Å². The van der Waals surface area contributed by atoms with Crippen molar-refractivity contribution in [2.24, 2.45) is 0 Å². The summed E-state index contributed by atoms with van der Waals surface area (Å²) in [4.78, 5) is 13.6. The number of hydrogen-bond acceptors (Lipinski definition) is 5. The zero-order valence-corrected chi connectivity index (χ0v) is 17.4. The first kappa shape index (κ1) is 21.5. The van der Waals surface area contributed by atoms with Crippen LogP contribution in [0, 0.1) is 0 Å². The molecule has 0 atom stereocenters. The molecule has 2 rings (SSSR count). The van der Waals surface area contributed by atoms with E-state index in [1.54, 1.807) is 12.1 Å². The lowest BCUT2D eigenvalue weighted by Crippen LogP contribution is -2.27. The molecule has 0 heterocycles. The van der Waals surface area contributed by atoms with Crippen LogP contribution in [-0.2, 0) is 14.8 Å². The van der Waals surface area contributed by atoms with Crippen molar-refractivity contribution in [3.8, 4) is 0 Å². The summed E-state index contributed by atoms with van der Waals surface area (Å²) in [5, 5.41) is 4.39. The Labute approximate surface area is 166 Å². The van der Waals surface area contributed by atoms with Crippen molar-refractivity contribution in [2.75, 3.05) is 37.8 Å². The number of hydrogen-bond donors (Lipinski definition) is 3. The molecule has 148 valence electrons. The third-order valence-corrected chi connectivity index (χ3v) is 5.93. The minimum Gasteiger partial charge on any atom is -0.377 e. The molecular formula is C19H27N3O3S2. The van der Waals surface area contributed by atoms with Gasteiger partial charge in [0.15, 0.2) is 0 Å². The molecule has 0 fully saturated rings. The summed E-state index contributed by atoms with van der Waals surface area (Å²) in [5.74, 6) is 0.490. The van der Waals surface area contributed by atoms with Crippen molar-refractivity contribution in [3.05, 3.63) is 36.4 Å². The van der Waals surface area contributed by atoms with Crippen LogP contribution in [0.2, 0.25) is 0 Å². The van der Waals surface area contributed by atoms with Crippen LogP contribution in [0.15, 0.2) is 41.3 Å². The fourth-order valence-electron chi connectivity index (χ4n) is 2.84. The molecular weight excluding hydrogens is 382 g/mol. The molecule has 2 aromatic carbocycles. The SMILES string of the molecule is CN(C)c1cccc2c(S(=O)(=O)NCCCCNC(=O)CCS)cccc12. The molecule has 0 radical (unpaired) electrons. The van der Waals surface area contributed by atoms with Crippen molar-refractivity contribution in [1.29, 1.82) is 0 Å². The molecule has 0 saturated heterocycles. The molecule has 8 heteroatoms. The van der Waals surface area contributed by atoms with E-state index in [2.05, 4.69) is 22.7 Å². The summed E-state index contributed by atoms with van der Waals surface area (Å²) in [5.41, 5.74) is 0.974. The van der Waals surface area contributed by atoms with Crippen LogP contribution < -0.4 is 14.9 Å². The van der Waals surface area contributed by atoms with Crippen molar-refractivity contribution in [2.45, 2.75) is 24.2 Å². The summed E-state index contributed by atoms with van der Waals surface area (Å²) >= 11 is 4.01. The average Bonchev–Trinajstić information content (AvgIpc) is 2.63. The summed E-state index contributed by atoms with van der Waals surface area (Å²) in [6.07, 6.45) is 1.75. The van der Waals surface area contributed by atoms with E-state index in [0.717, 1.165) is 11.1 Å². The summed E-state index contributed by atoms with van der Waals surface area (Å²) in [6, 6.07) is 11.0. The van der Waals surface area contributed by atoms with Gasteiger partial charge < -0.3 is 10.2 Å².